The van der Waals surface area contributed by atoms with Crippen molar-refractivity contribution in [1.82, 2.24) is 0 Å². The third kappa shape index (κ3) is 2.39. The zero-order valence-electron chi connectivity index (χ0n) is 14.0. The molecule has 0 aromatic carbocycles. The summed E-state index contributed by atoms with van der Waals surface area (Å²) in [5.74, 6) is 2.60. The molecule has 2 heterocycles. The van der Waals surface area contributed by atoms with Crippen LogP contribution in [0.1, 0.15) is 20.8 Å². The Kier molecular flexibility index (Phi) is 4.32. The molecule has 0 aromatic rings. The summed E-state index contributed by atoms with van der Waals surface area (Å²) < 4.78 is 22.5. The van der Waals surface area contributed by atoms with E-state index < -0.39 is 0 Å². The highest BCUT2D eigenvalue weighted by molar-refractivity contribution is 5.67. The molecule has 0 aromatic heterocycles. The van der Waals surface area contributed by atoms with Crippen molar-refractivity contribution in [2.75, 3.05) is 27.4 Å². The number of carbonyl (C=O) groups is 1. The van der Waals surface area contributed by atoms with Crippen LogP contribution in [0.25, 0.3) is 0 Å². The third-order valence-electron chi connectivity index (χ3n) is 5.37. The Hall–Kier alpha value is -0.910. The molecule has 2 saturated heterocycles. The standard InChI is InChI=1S/C17H26O5/c1-8(2)15(21-9(3)18)12-13-14(12)17-11(7-20-5)10(6-19-4)16(13)22-17/h10-14,16-17H,6-7H2,1-5H3/t10-,11+,12?,13+,14-,16-,17+. The highest BCUT2D eigenvalue weighted by Crippen LogP contribution is 2.68. The summed E-state index contributed by atoms with van der Waals surface area (Å²) in [4.78, 5) is 11.4. The molecule has 2 bridgehead atoms. The van der Waals surface area contributed by atoms with E-state index in [-0.39, 0.29) is 18.2 Å². The van der Waals surface area contributed by atoms with Crippen molar-refractivity contribution in [3.05, 3.63) is 11.3 Å². The molecule has 0 radical (unpaired) electrons. The Balaban J connectivity index is 1.80. The number of allylic oxidation sites excluding steroid dienone is 2. The van der Waals surface area contributed by atoms with Gasteiger partial charge >= 0.3 is 5.97 Å². The Bertz CT molecular complexity index is 457. The van der Waals surface area contributed by atoms with Gasteiger partial charge < -0.3 is 18.9 Å². The Morgan fingerprint density at radius 1 is 0.955 bits per heavy atom. The zero-order chi connectivity index (χ0) is 16.0. The minimum Gasteiger partial charge on any atom is -0.431 e. The van der Waals surface area contributed by atoms with Gasteiger partial charge in [0, 0.05) is 50.7 Å². The van der Waals surface area contributed by atoms with E-state index in [1.165, 1.54) is 6.92 Å². The van der Waals surface area contributed by atoms with Gasteiger partial charge in [-0.15, -0.1) is 0 Å². The first kappa shape index (κ1) is 16.0. The van der Waals surface area contributed by atoms with Crippen LogP contribution in [0.4, 0.5) is 0 Å². The molecule has 3 fully saturated rings. The molecule has 22 heavy (non-hydrogen) atoms. The van der Waals surface area contributed by atoms with Crippen molar-refractivity contribution in [1.29, 1.82) is 0 Å². The van der Waals surface area contributed by atoms with Gasteiger partial charge in [-0.3, -0.25) is 4.79 Å². The van der Waals surface area contributed by atoms with Gasteiger partial charge in [-0.25, -0.2) is 0 Å². The number of ether oxygens (including phenoxy) is 4. The molecule has 2 aliphatic heterocycles. The lowest BCUT2D eigenvalue weighted by atomic mass is 9.80. The average molecular weight is 310 g/mol. The summed E-state index contributed by atoms with van der Waals surface area (Å²) in [7, 11) is 3.47. The summed E-state index contributed by atoms with van der Waals surface area (Å²) in [6.07, 6.45) is 0.398. The smallest absolute Gasteiger partial charge is 0.307 e. The minimum atomic E-state index is -0.240. The summed E-state index contributed by atoms with van der Waals surface area (Å²) in [5, 5.41) is 0. The van der Waals surface area contributed by atoms with E-state index in [4.69, 9.17) is 18.9 Å². The Morgan fingerprint density at radius 3 is 1.82 bits per heavy atom. The van der Waals surface area contributed by atoms with E-state index in [1.54, 1.807) is 14.2 Å². The van der Waals surface area contributed by atoms with Crippen LogP contribution in [-0.4, -0.2) is 45.6 Å². The monoisotopic (exact) mass is 310 g/mol. The molecule has 5 heteroatoms. The van der Waals surface area contributed by atoms with Gasteiger partial charge in [0.2, 0.25) is 0 Å². The number of rotatable bonds is 6. The lowest BCUT2D eigenvalue weighted by Crippen LogP contribution is -2.34. The van der Waals surface area contributed by atoms with Crippen LogP contribution in [0, 0.1) is 29.6 Å². The van der Waals surface area contributed by atoms with Gasteiger partial charge in [0.25, 0.3) is 0 Å². The van der Waals surface area contributed by atoms with E-state index >= 15 is 0 Å². The topological polar surface area (TPSA) is 54.0 Å². The van der Waals surface area contributed by atoms with Gasteiger partial charge in [-0.1, -0.05) is 0 Å². The van der Waals surface area contributed by atoms with Crippen LogP contribution < -0.4 is 0 Å². The minimum absolute atomic E-state index is 0.199. The van der Waals surface area contributed by atoms with Gasteiger partial charge in [-0.05, 0) is 19.4 Å². The van der Waals surface area contributed by atoms with Crippen molar-refractivity contribution in [2.24, 2.45) is 29.6 Å². The molecule has 0 spiro atoms. The van der Waals surface area contributed by atoms with E-state index in [0.29, 0.717) is 42.8 Å². The molecule has 3 aliphatic rings. The molecule has 3 rings (SSSR count). The fourth-order valence-electron chi connectivity index (χ4n) is 4.66. The zero-order valence-corrected chi connectivity index (χ0v) is 14.0. The highest BCUT2D eigenvalue weighted by atomic mass is 16.5. The number of hydrogen-bond donors (Lipinski definition) is 0. The first-order chi connectivity index (χ1) is 10.5. The van der Waals surface area contributed by atoms with E-state index in [9.17, 15) is 4.79 Å². The van der Waals surface area contributed by atoms with Gasteiger partial charge in [0.1, 0.15) is 5.76 Å². The van der Waals surface area contributed by atoms with Gasteiger partial charge in [0.05, 0.1) is 25.4 Å². The van der Waals surface area contributed by atoms with E-state index in [1.807, 2.05) is 13.8 Å². The maximum Gasteiger partial charge on any atom is 0.307 e. The van der Waals surface area contributed by atoms with Gasteiger partial charge in [0.15, 0.2) is 0 Å². The molecule has 7 atom stereocenters. The largest absolute Gasteiger partial charge is 0.431 e. The van der Waals surface area contributed by atoms with Crippen LogP contribution in [0.3, 0.4) is 0 Å². The van der Waals surface area contributed by atoms with Crippen LogP contribution in [0.5, 0.6) is 0 Å². The van der Waals surface area contributed by atoms with Crippen LogP contribution in [-0.2, 0) is 23.7 Å². The number of hydrogen-bond acceptors (Lipinski definition) is 5. The van der Waals surface area contributed by atoms with Crippen molar-refractivity contribution in [3.8, 4) is 0 Å². The number of carbonyl (C=O) groups excluding carboxylic acids is 1. The quantitative estimate of drug-likeness (QED) is 0.555. The lowest BCUT2D eigenvalue weighted by molar-refractivity contribution is -0.137. The maximum atomic E-state index is 11.4. The maximum absolute atomic E-state index is 11.4. The predicted octanol–water partition coefficient (Wildman–Crippen LogP) is 2.01. The molecule has 1 saturated carbocycles. The molecular formula is C17H26O5. The normalized spacial score (nSPS) is 41.2. The molecule has 0 N–H and O–H groups in total. The van der Waals surface area contributed by atoms with Crippen molar-refractivity contribution in [3.63, 3.8) is 0 Å². The Morgan fingerprint density at radius 2 is 1.45 bits per heavy atom. The fourth-order valence-corrected chi connectivity index (χ4v) is 4.66. The summed E-state index contributed by atoms with van der Waals surface area (Å²) in [5.41, 5.74) is 1.08. The fraction of sp³-hybridized carbons (Fsp3) is 0.824. The Labute approximate surface area is 131 Å². The molecule has 124 valence electrons. The second-order valence-corrected chi connectivity index (χ2v) is 6.94. The first-order valence-electron chi connectivity index (χ1n) is 8.00. The SMILES string of the molecule is COC[C@@H]1[C@H](COC)[C@@H]2O[C@H]1[C@H]1C(C(OC(C)=O)=C(C)C)[C@@H]21. The highest BCUT2D eigenvalue weighted by Gasteiger charge is 2.73. The summed E-state index contributed by atoms with van der Waals surface area (Å²) in [6, 6.07) is 0. The number of esters is 1. The third-order valence-corrected chi connectivity index (χ3v) is 5.37. The molecule has 1 unspecified atom stereocenters. The van der Waals surface area contributed by atoms with E-state index in [2.05, 4.69) is 0 Å². The first-order valence-corrected chi connectivity index (χ1v) is 8.00. The average Bonchev–Trinajstić information content (AvgIpc) is 2.93. The van der Waals surface area contributed by atoms with Crippen LogP contribution in [0.15, 0.2) is 11.3 Å². The second-order valence-electron chi connectivity index (χ2n) is 6.94. The number of methoxy groups -OCH3 is 2. The lowest BCUT2D eigenvalue weighted by Gasteiger charge is -2.26. The second kappa shape index (κ2) is 5.95. The van der Waals surface area contributed by atoms with Crippen LogP contribution in [0.2, 0.25) is 0 Å². The van der Waals surface area contributed by atoms with Crippen LogP contribution >= 0.6 is 0 Å². The van der Waals surface area contributed by atoms with Crippen molar-refractivity contribution >= 4 is 5.97 Å². The van der Waals surface area contributed by atoms with Gasteiger partial charge in [-0.2, -0.15) is 0 Å². The summed E-state index contributed by atoms with van der Waals surface area (Å²) >= 11 is 0. The summed E-state index contributed by atoms with van der Waals surface area (Å²) in [6.45, 7) is 6.88. The molecule has 5 nitrogen and oxygen atoms in total. The predicted molar refractivity (Wildman–Crippen MR) is 80.0 cm³/mol. The molecule has 1 aliphatic carbocycles. The molecule has 0 amide bonds. The van der Waals surface area contributed by atoms with Crippen molar-refractivity contribution in [2.45, 2.75) is 33.0 Å². The number of fused-ring (bicyclic) bond motifs is 5. The van der Waals surface area contributed by atoms with Crippen molar-refractivity contribution < 1.29 is 23.7 Å². The van der Waals surface area contributed by atoms with E-state index in [0.717, 1.165) is 11.3 Å². The molecular weight excluding hydrogens is 284 g/mol.